The van der Waals surface area contributed by atoms with E-state index in [1.165, 1.54) is 24.3 Å². The molecule has 2 atom stereocenters. The SMILES string of the molecule is CC1CCNC(=O)N1CC(O)Cn1c2ccc(F)cc2c2cc(F)ccc21. The summed E-state index contributed by atoms with van der Waals surface area (Å²) in [4.78, 5) is 13.7. The van der Waals surface area contributed by atoms with E-state index in [9.17, 15) is 18.7 Å². The van der Waals surface area contributed by atoms with Crippen LogP contribution in [0.2, 0.25) is 0 Å². The van der Waals surface area contributed by atoms with Crippen LogP contribution < -0.4 is 5.32 Å². The Morgan fingerprint density at radius 2 is 1.70 bits per heavy atom. The number of rotatable bonds is 4. The Hall–Kier alpha value is -2.67. The number of carbonyl (C=O) groups is 1. The number of urea groups is 1. The van der Waals surface area contributed by atoms with E-state index in [-0.39, 0.29) is 25.2 Å². The van der Waals surface area contributed by atoms with Crippen LogP contribution in [0.3, 0.4) is 0 Å². The van der Waals surface area contributed by atoms with Gasteiger partial charge in [-0.3, -0.25) is 0 Å². The van der Waals surface area contributed by atoms with Crippen LogP contribution in [0.15, 0.2) is 36.4 Å². The highest BCUT2D eigenvalue weighted by Crippen LogP contribution is 2.30. The molecule has 2 N–H and O–H groups in total. The molecule has 2 aromatic carbocycles. The van der Waals surface area contributed by atoms with E-state index in [0.717, 1.165) is 6.42 Å². The molecule has 0 radical (unpaired) electrons. The summed E-state index contributed by atoms with van der Waals surface area (Å²) in [6.07, 6.45) is 0.0112. The van der Waals surface area contributed by atoms with Crippen molar-refractivity contribution in [3.05, 3.63) is 48.0 Å². The van der Waals surface area contributed by atoms with Gasteiger partial charge in [0.25, 0.3) is 0 Å². The van der Waals surface area contributed by atoms with Crippen LogP contribution in [0.5, 0.6) is 0 Å². The Morgan fingerprint density at radius 1 is 1.11 bits per heavy atom. The number of nitrogens with zero attached hydrogens (tertiary/aromatic N) is 2. The summed E-state index contributed by atoms with van der Waals surface area (Å²) in [5.74, 6) is -0.796. The normalized spacial score (nSPS) is 18.9. The van der Waals surface area contributed by atoms with Gasteiger partial charge in [-0.1, -0.05) is 0 Å². The number of benzene rings is 2. The largest absolute Gasteiger partial charge is 0.389 e. The Balaban J connectivity index is 1.69. The molecular formula is C20H21F2N3O2. The van der Waals surface area contributed by atoms with E-state index in [4.69, 9.17) is 0 Å². The first-order valence-corrected chi connectivity index (χ1v) is 9.03. The molecule has 0 bridgehead atoms. The van der Waals surface area contributed by atoms with Crippen molar-refractivity contribution in [2.24, 2.45) is 0 Å². The summed E-state index contributed by atoms with van der Waals surface area (Å²) in [5, 5.41) is 14.6. The van der Waals surface area contributed by atoms with E-state index < -0.39 is 17.7 Å². The zero-order chi connectivity index (χ0) is 19.1. The second-order valence-corrected chi connectivity index (χ2v) is 7.11. The minimum Gasteiger partial charge on any atom is -0.389 e. The number of carbonyl (C=O) groups excluding carboxylic acids is 1. The standard InChI is InChI=1S/C20H21F2N3O2/c1-12-6-7-23-20(27)24(12)10-15(26)11-25-18-4-2-13(21)8-16(18)17-9-14(22)3-5-19(17)25/h2-5,8-9,12,15,26H,6-7,10-11H2,1H3,(H,23,27). The first-order valence-electron chi connectivity index (χ1n) is 9.03. The van der Waals surface area contributed by atoms with Gasteiger partial charge < -0.3 is 19.9 Å². The minimum absolute atomic E-state index is 0.0507. The highest BCUT2D eigenvalue weighted by atomic mass is 19.1. The van der Waals surface area contributed by atoms with Crippen molar-refractivity contribution in [1.82, 2.24) is 14.8 Å². The molecule has 1 saturated heterocycles. The summed E-state index contributed by atoms with van der Waals surface area (Å²) in [7, 11) is 0. The van der Waals surface area contributed by atoms with E-state index in [1.807, 2.05) is 11.5 Å². The number of aliphatic hydroxyl groups excluding tert-OH is 1. The molecule has 4 rings (SSSR count). The van der Waals surface area contributed by atoms with Gasteiger partial charge >= 0.3 is 6.03 Å². The number of amides is 2. The number of hydrogen-bond acceptors (Lipinski definition) is 2. The Bertz CT molecular complexity index is 958. The average molecular weight is 373 g/mol. The van der Waals surface area contributed by atoms with Gasteiger partial charge in [-0.05, 0) is 49.7 Å². The molecule has 2 unspecified atom stereocenters. The molecule has 0 aliphatic carbocycles. The van der Waals surface area contributed by atoms with Crippen molar-refractivity contribution < 1.29 is 18.7 Å². The number of aliphatic hydroxyl groups is 1. The highest BCUT2D eigenvalue weighted by Gasteiger charge is 2.27. The van der Waals surface area contributed by atoms with Crippen LogP contribution >= 0.6 is 0 Å². The monoisotopic (exact) mass is 373 g/mol. The van der Waals surface area contributed by atoms with Crippen molar-refractivity contribution in [3.8, 4) is 0 Å². The molecule has 0 spiro atoms. The predicted molar refractivity (Wildman–Crippen MR) is 99.6 cm³/mol. The van der Waals surface area contributed by atoms with Gasteiger partial charge in [0.15, 0.2) is 0 Å². The Morgan fingerprint density at radius 3 is 2.26 bits per heavy atom. The first-order chi connectivity index (χ1) is 12.9. The van der Waals surface area contributed by atoms with Crippen molar-refractivity contribution >= 4 is 27.8 Å². The quantitative estimate of drug-likeness (QED) is 0.738. The summed E-state index contributed by atoms with van der Waals surface area (Å²) in [6, 6.07) is 8.58. The van der Waals surface area contributed by atoms with Crippen LogP contribution in [0.1, 0.15) is 13.3 Å². The summed E-state index contributed by atoms with van der Waals surface area (Å²) in [6.45, 7) is 3.00. The maximum atomic E-state index is 13.7. The number of β-amino-alcohol motifs (C(OH)–C–C–N with tert-alkyl or cyclic N) is 1. The molecular weight excluding hydrogens is 352 g/mol. The van der Waals surface area contributed by atoms with Crippen LogP contribution in [0, 0.1) is 11.6 Å². The third-order valence-corrected chi connectivity index (χ3v) is 5.22. The van der Waals surface area contributed by atoms with Crippen molar-refractivity contribution in [1.29, 1.82) is 0 Å². The maximum Gasteiger partial charge on any atom is 0.317 e. The van der Waals surface area contributed by atoms with Crippen molar-refractivity contribution in [2.75, 3.05) is 13.1 Å². The minimum atomic E-state index is -0.815. The zero-order valence-corrected chi connectivity index (χ0v) is 15.0. The molecule has 142 valence electrons. The summed E-state index contributed by atoms with van der Waals surface area (Å²) >= 11 is 0. The van der Waals surface area contributed by atoms with Crippen LogP contribution in [-0.2, 0) is 6.54 Å². The Labute approximate surface area is 155 Å². The van der Waals surface area contributed by atoms with Crippen molar-refractivity contribution in [2.45, 2.75) is 32.0 Å². The third-order valence-electron chi connectivity index (χ3n) is 5.22. The molecule has 5 nitrogen and oxygen atoms in total. The molecule has 2 heterocycles. The van der Waals surface area contributed by atoms with Crippen LogP contribution in [0.4, 0.5) is 13.6 Å². The molecule has 1 aromatic heterocycles. The van der Waals surface area contributed by atoms with E-state index in [2.05, 4.69) is 5.32 Å². The fourth-order valence-corrected chi connectivity index (χ4v) is 3.85. The van der Waals surface area contributed by atoms with Gasteiger partial charge in [-0.15, -0.1) is 0 Å². The molecule has 2 amide bonds. The lowest BCUT2D eigenvalue weighted by Gasteiger charge is -2.35. The van der Waals surface area contributed by atoms with Crippen molar-refractivity contribution in [3.63, 3.8) is 0 Å². The highest BCUT2D eigenvalue weighted by molar-refractivity contribution is 6.08. The number of fused-ring (bicyclic) bond motifs is 3. The van der Waals surface area contributed by atoms with E-state index in [1.54, 1.807) is 17.0 Å². The van der Waals surface area contributed by atoms with E-state index >= 15 is 0 Å². The van der Waals surface area contributed by atoms with Gasteiger partial charge in [-0.2, -0.15) is 0 Å². The molecule has 7 heteroatoms. The van der Waals surface area contributed by atoms with Crippen LogP contribution in [0.25, 0.3) is 21.8 Å². The lowest BCUT2D eigenvalue weighted by atomic mass is 10.1. The lowest BCUT2D eigenvalue weighted by molar-refractivity contribution is 0.0853. The number of nitrogens with one attached hydrogen (secondary N) is 1. The number of aromatic nitrogens is 1. The predicted octanol–water partition coefficient (Wildman–Crippen LogP) is 3.24. The summed E-state index contributed by atoms with van der Waals surface area (Å²) in [5.41, 5.74) is 1.43. The zero-order valence-electron chi connectivity index (χ0n) is 15.0. The molecule has 27 heavy (non-hydrogen) atoms. The van der Waals surface area contributed by atoms with Gasteiger partial charge in [0.1, 0.15) is 11.6 Å². The second kappa shape index (κ2) is 6.81. The third kappa shape index (κ3) is 3.23. The number of halogens is 2. The Kier molecular flexibility index (Phi) is 4.47. The molecule has 3 aromatic rings. The molecule has 1 aliphatic heterocycles. The van der Waals surface area contributed by atoms with Gasteiger partial charge in [0, 0.05) is 34.4 Å². The fourth-order valence-electron chi connectivity index (χ4n) is 3.85. The number of hydrogen-bond donors (Lipinski definition) is 2. The van der Waals surface area contributed by atoms with Crippen LogP contribution in [-0.4, -0.2) is 45.8 Å². The smallest absolute Gasteiger partial charge is 0.317 e. The maximum absolute atomic E-state index is 13.7. The molecule has 0 saturated carbocycles. The van der Waals surface area contributed by atoms with Gasteiger partial charge in [-0.25, -0.2) is 13.6 Å². The summed E-state index contributed by atoms with van der Waals surface area (Å²) < 4.78 is 29.3. The fraction of sp³-hybridized carbons (Fsp3) is 0.350. The topological polar surface area (TPSA) is 57.5 Å². The van der Waals surface area contributed by atoms with E-state index in [0.29, 0.717) is 28.4 Å². The molecule has 1 fully saturated rings. The van der Waals surface area contributed by atoms with Gasteiger partial charge in [0.05, 0.1) is 19.2 Å². The second-order valence-electron chi connectivity index (χ2n) is 7.11. The lowest BCUT2D eigenvalue weighted by Crippen LogP contribution is -2.53. The first kappa shape index (κ1) is 17.7. The van der Waals surface area contributed by atoms with Gasteiger partial charge in [0.2, 0.25) is 0 Å². The molecule has 1 aliphatic rings. The average Bonchev–Trinajstić information content (AvgIpc) is 2.91.